The van der Waals surface area contributed by atoms with Crippen molar-refractivity contribution in [2.75, 3.05) is 6.61 Å². The van der Waals surface area contributed by atoms with Crippen molar-refractivity contribution < 1.29 is 9.53 Å². The molecule has 0 bridgehead atoms. The van der Waals surface area contributed by atoms with Gasteiger partial charge in [-0.15, -0.1) is 0 Å². The minimum Gasteiger partial charge on any atom is -0.370 e. The predicted molar refractivity (Wildman–Crippen MR) is 91.1 cm³/mol. The summed E-state index contributed by atoms with van der Waals surface area (Å²) in [7, 11) is 0. The summed E-state index contributed by atoms with van der Waals surface area (Å²) in [6, 6.07) is 3.56. The molecule has 1 saturated heterocycles. The van der Waals surface area contributed by atoms with Crippen molar-refractivity contribution in [1.29, 1.82) is 0 Å². The minimum absolute atomic E-state index is 0.0956. The number of nitrogens with zero attached hydrogens (tertiary/aromatic N) is 4. The number of carbonyl (C=O) groups is 1. The molecule has 0 radical (unpaired) electrons. The monoisotopic (exact) mass is 340 g/mol. The molecule has 2 N–H and O–H groups in total. The van der Waals surface area contributed by atoms with E-state index in [0.717, 1.165) is 24.5 Å². The van der Waals surface area contributed by atoms with Crippen LogP contribution in [-0.4, -0.2) is 43.3 Å². The van der Waals surface area contributed by atoms with Crippen molar-refractivity contribution in [3.05, 3.63) is 41.6 Å². The highest BCUT2D eigenvalue weighted by atomic mass is 16.5. The molecule has 4 rings (SSSR count). The molecule has 3 aromatic rings. The number of ether oxygens (including phenoxy) is 1. The lowest BCUT2D eigenvalue weighted by Gasteiger charge is -2.20. The molecular formula is C17H20N6O2. The van der Waals surface area contributed by atoms with Gasteiger partial charge in [-0.05, 0) is 32.4 Å². The van der Waals surface area contributed by atoms with Crippen molar-refractivity contribution in [3.63, 3.8) is 0 Å². The highest BCUT2D eigenvalue weighted by Crippen LogP contribution is 2.29. The van der Waals surface area contributed by atoms with Crippen LogP contribution in [0.15, 0.2) is 24.5 Å². The summed E-state index contributed by atoms with van der Waals surface area (Å²) >= 11 is 0. The summed E-state index contributed by atoms with van der Waals surface area (Å²) in [4.78, 5) is 24.4. The lowest BCUT2D eigenvalue weighted by Crippen LogP contribution is -2.37. The Morgan fingerprint density at radius 2 is 2.32 bits per heavy atom. The number of imidazole rings is 1. The number of amides is 1. The number of H-pyrrole nitrogens is 1. The van der Waals surface area contributed by atoms with Gasteiger partial charge in [0.15, 0.2) is 5.65 Å². The number of nitrogens with one attached hydrogen (secondary N) is 2. The number of aryl methyl sites for hydroxylation is 2. The third-order valence-corrected chi connectivity index (χ3v) is 4.50. The maximum Gasteiger partial charge on any atom is 0.253 e. The fourth-order valence-corrected chi connectivity index (χ4v) is 3.34. The van der Waals surface area contributed by atoms with Crippen molar-refractivity contribution in [3.8, 4) is 0 Å². The average molecular weight is 340 g/mol. The first-order valence-electron chi connectivity index (χ1n) is 8.43. The van der Waals surface area contributed by atoms with Gasteiger partial charge in [0, 0.05) is 25.5 Å². The van der Waals surface area contributed by atoms with Crippen LogP contribution in [0.25, 0.3) is 11.2 Å². The molecule has 1 aliphatic rings. The maximum atomic E-state index is 12.8. The zero-order chi connectivity index (χ0) is 17.4. The average Bonchev–Trinajstić information content (AvgIpc) is 3.31. The Kier molecular flexibility index (Phi) is 3.96. The quantitative estimate of drug-likeness (QED) is 0.754. The first-order valence-corrected chi connectivity index (χ1v) is 8.43. The zero-order valence-corrected chi connectivity index (χ0v) is 14.2. The first kappa shape index (κ1) is 15.8. The third-order valence-electron chi connectivity index (χ3n) is 4.50. The van der Waals surface area contributed by atoms with Crippen LogP contribution in [0.1, 0.15) is 41.3 Å². The summed E-state index contributed by atoms with van der Waals surface area (Å²) in [5, 5.41) is 7.40. The number of pyridine rings is 1. The van der Waals surface area contributed by atoms with E-state index in [9.17, 15) is 4.79 Å². The molecule has 3 aromatic heterocycles. The number of fused-ring (bicyclic) bond motifs is 1. The van der Waals surface area contributed by atoms with Crippen LogP contribution >= 0.6 is 0 Å². The van der Waals surface area contributed by atoms with E-state index in [1.165, 1.54) is 0 Å². The molecular weight excluding hydrogens is 320 g/mol. The SMILES string of the molecule is CCn1nccc1[C@@H]1OCC[C@H]1NC(=O)c1ccnc2nc(C)[nH]c12. The molecule has 0 aromatic carbocycles. The Balaban J connectivity index is 1.59. The van der Waals surface area contributed by atoms with Gasteiger partial charge in [0.25, 0.3) is 5.91 Å². The van der Waals surface area contributed by atoms with Gasteiger partial charge in [-0.1, -0.05) is 0 Å². The second kappa shape index (κ2) is 6.29. The lowest BCUT2D eigenvalue weighted by atomic mass is 10.1. The van der Waals surface area contributed by atoms with Gasteiger partial charge in [0.05, 0.1) is 22.8 Å². The van der Waals surface area contributed by atoms with E-state index in [2.05, 4.69) is 25.4 Å². The third kappa shape index (κ3) is 2.78. The van der Waals surface area contributed by atoms with Gasteiger partial charge in [0.2, 0.25) is 0 Å². The van der Waals surface area contributed by atoms with E-state index in [1.807, 2.05) is 24.6 Å². The Bertz CT molecular complexity index is 915. The number of aromatic nitrogens is 5. The van der Waals surface area contributed by atoms with Crippen LogP contribution in [0, 0.1) is 6.92 Å². The van der Waals surface area contributed by atoms with Crippen molar-refractivity contribution in [2.24, 2.45) is 0 Å². The molecule has 2 atom stereocenters. The van der Waals surface area contributed by atoms with Crippen LogP contribution in [0.5, 0.6) is 0 Å². The number of hydrogen-bond acceptors (Lipinski definition) is 5. The molecule has 8 nitrogen and oxygen atoms in total. The molecule has 0 unspecified atom stereocenters. The maximum absolute atomic E-state index is 12.8. The van der Waals surface area contributed by atoms with Gasteiger partial charge in [-0.25, -0.2) is 9.97 Å². The Labute approximate surface area is 144 Å². The van der Waals surface area contributed by atoms with Crippen LogP contribution in [0.2, 0.25) is 0 Å². The Morgan fingerprint density at radius 1 is 1.44 bits per heavy atom. The van der Waals surface area contributed by atoms with E-state index in [-0.39, 0.29) is 18.1 Å². The van der Waals surface area contributed by atoms with E-state index in [0.29, 0.717) is 23.3 Å². The van der Waals surface area contributed by atoms with Crippen LogP contribution in [0.3, 0.4) is 0 Å². The van der Waals surface area contributed by atoms with Gasteiger partial charge < -0.3 is 15.0 Å². The summed E-state index contributed by atoms with van der Waals surface area (Å²) in [5.41, 5.74) is 2.74. The van der Waals surface area contributed by atoms with E-state index >= 15 is 0 Å². The summed E-state index contributed by atoms with van der Waals surface area (Å²) in [6.45, 7) is 5.25. The molecule has 0 aliphatic carbocycles. The molecule has 25 heavy (non-hydrogen) atoms. The van der Waals surface area contributed by atoms with Crippen molar-refractivity contribution >= 4 is 17.1 Å². The van der Waals surface area contributed by atoms with E-state index in [4.69, 9.17) is 4.74 Å². The molecule has 130 valence electrons. The molecule has 1 amide bonds. The smallest absolute Gasteiger partial charge is 0.253 e. The van der Waals surface area contributed by atoms with Crippen LogP contribution < -0.4 is 5.32 Å². The van der Waals surface area contributed by atoms with Gasteiger partial charge in [-0.2, -0.15) is 5.10 Å². The second-order valence-electron chi connectivity index (χ2n) is 6.11. The van der Waals surface area contributed by atoms with Crippen molar-refractivity contribution in [1.82, 2.24) is 30.0 Å². The van der Waals surface area contributed by atoms with Gasteiger partial charge in [0.1, 0.15) is 11.9 Å². The fourth-order valence-electron chi connectivity index (χ4n) is 3.34. The molecule has 0 saturated carbocycles. The predicted octanol–water partition coefficient (Wildman–Crippen LogP) is 1.74. The van der Waals surface area contributed by atoms with Crippen LogP contribution in [0.4, 0.5) is 0 Å². The van der Waals surface area contributed by atoms with Gasteiger partial charge in [-0.3, -0.25) is 9.48 Å². The molecule has 0 spiro atoms. The van der Waals surface area contributed by atoms with Gasteiger partial charge >= 0.3 is 0 Å². The van der Waals surface area contributed by atoms with E-state index < -0.39 is 0 Å². The number of carbonyl (C=O) groups excluding carboxylic acids is 1. The second-order valence-corrected chi connectivity index (χ2v) is 6.11. The molecule has 8 heteroatoms. The first-order chi connectivity index (χ1) is 12.2. The zero-order valence-electron chi connectivity index (χ0n) is 14.2. The number of aromatic amines is 1. The molecule has 1 aliphatic heterocycles. The summed E-state index contributed by atoms with van der Waals surface area (Å²) in [5.74, 6) is 0.579. The summed E-state index contributed by atoms with van der Waals surface area (Å²) in [6.07, 6.45) is 3.94. The normalized spacial score (nSPS) is 20.2. The molecule has 4 heterocycles. The highest BCUT2D eigenvalue weighted by molar-refractivity contribution is 6.04. The largest absolute Gasteiger partial charge is 0.370 e. The van der Waals surface area contributed by atoms with E-state index in [1.54, 1.807) is 18.5 Å². The molecule has 1 fully saturated rings. The topological polar surface area (TPSA) is 97.7 Å². The van der Waals surface area contributed by atoms with Crippen molar-refractivity contribution in [2.45, 2.75) is 39.0 Å². The Morgan fingerprint density at radius 3 is 3.16 bits per heavy atom. The van der Waals surface area contributed by atoms with Crippen LogP contribution in [-0.2, 0) is 11.3 Å². The Hall–Kier alpha value is -2.74. The fraction of sp³-hybridized carbons (Fsp3) is 0.412. The number of rotatable bonds is 4. The number of hydrogen-bond donors (Lipinski definition) is 2. The summed E-state index contributed by atoms with van der Waals surface area (Å²) < 4.78 is 7.77. The minimum atomic E-state index is -0.188. The lowest BCUT2D eigenvalue weighted by molar-refractivity contribution is 0.0789. The highest BCUT2D eigenvalue weighted by Gasteiger charge is 2.33. The standard InChI is InChI=1S/C17H20N6O2/c1-3-23-13(5-8-19-23)15-12(6-9-25-15)22-17(24)11-4-7-18-16-14(11)20-10(2)21-16/h4-5,7-8,12,15H,3,6,9H2,1-2H3,(H,22,24)(H,18,20,21)/t12-,15-/m1/s1.